The van der Waals surface area contributed by atoms with Crippen LogP contribution in [0.1, 0.15) is 23.7 Å². The summed E-state index contributed by atoms with van der Waals surface area (Å²) in [7, 11) is 0. The van der Waals surface area contributed by atoms with Gasteiger partial charge in [0.2, 0.25) is 0 Å². The summed E-state index contributed by atoms with van der Waals surface area (Å²) in [5.41, 5.74) is -0.489. The number of aliphatic carboxylic acids is 1. The summed E-state index contributed by atoms with van der Waals surface area (Å²) in [5, 5.41) is 11.7. The third kappa shape index (κ3) is 3.03. The van der Waals surface area contributed by atoms with Crippen LogP contribution >= 0.6 is 0 Å². The van der Waals surface area contributed by atoms with Crippen molar-refractivity contribution in [1.82, 2.24) is 5.32 Å². The molecule has 2 aromatic rings. The van der Waals surface area contributed by atoms with E-state index in [0.29, 0.717) is 11.0 Å². The van der Waals surface area contributed by atoms with Gasteiger partial charge in [0.15, 0.2) is 0 Å². The second-order valence-corrected chi connectivity index (χ2v) is 4.46. The third-order valence-corrected chi connectivity index (χ3v) is 2.74. The number of hydrogen-bond acceptors (Lipinski definition) is 4. The quantitative estimate of drug-likeness (QED) is 0.822. The van der Waals surface area contributed by atoms with E-state index in [1.54, 1.807) is 31.2 Å². The molecule has 104 valence electrons. The number of para-hydroxylation sites is 1. The Morgan fingerprint density at radius 1 is 1.35 bits per heavy atom. The average molecular weight is 275 g/mol. The molecule has 0 aliphatic rings. The number of fused-ring (bicyclic) bond motifs is 1. The van der Waals surface area contributed by atoms with E-state index in [1.165, 1.54) is 6.07 Å². The van der Waals surface area contributed by atoms with Crippen LogP contribution in [0.4, 0.5) is 0 Å². The van der Waals surface area contributed by atoms with E-state index in [-0.39, 0.29) is 12.0 Å². The summed E-state index contributed by atoms with van der Waals surface area (Å²) in [5.74, 6) is -1.67. The van der Waals surface area contributed by atoms with Gasteiger partial charge in [-0.3, -0.25) is 9.59 Å². The van der Waals surface area contributed by atoms with Crippen LogP contribution in [0.2, 0.25) is 0 Å². The van der Waals surface area contributed by atoms with Crippen LogP contribution in [0, 0.1) is 0 Å². The standard InChI is InChI=1S/C14H13NO5/c1-8(6-12(16)17)15-13(18)10-7-9-4-2-3-5-11(9)20-14(10)19/h2-5,7-8H,6H2,1H3,(H,15,18)(H,16,17). The lowest BCUT2D eigenvalue weighted by Gasteiger charge is -2.10. The number of carbonyl (C=O) groups excluding carboxylic acids is 1. The number of carbonyl (C=O) groups is 2. The van der Waals surface area contributed by atoms with E-state index in [4.69, 9.17) is 9.52 Å². The van der Waals surface area contributed by atoms with Gasteiger partial charge in [-0.2, -0.15) is 0 Å². The van der Waals surface area contributed by atoms with E-state index >= 15 is 0 Å². The van der Waals surface area contributed by atoms with Gasteiger partial charge in [0, 0.05) is 11.4 Å². The molecule has 6 heteroatoms. The topological polar surface area (TPSA) is 96.6 Å². The maximum absolute atomic E-state index is 11.9. The fourth-order valence-corrected chi connectivity index (χ4v) is 1.83. The molecule has 6 nitrogen and oxygen atoms in total. The highest BCUT2D eigenvalue weighted by molar-refractivity contribution is 5.96. The molecule has 0 aliphatic carbocycles. The maximum Gasteiger partial charge on any atom is 0.349 e. The molecule has 0 saturated heterocycles. The van der Waals surface area contributed by atoms with Crippen molar-refractivity contribution >= 4 is 22.8 Å². The highest BCUT2D eigenvalue weighted by Crippen LogP contribution is 2.12. The largest absolute Gasteiger partial charge is 0.481 e. The fraction of sp³-hybridized carbons (Fsp3) is 0.214. The first-order valence-electron chi connectivity index (χ1n) is 6.03. The molecule has 2 N–H and O–H groups in total. The summed E-state index contributed by atoms with van der Waals surface area (Å²) in [4.78, 5) is 34.2. The van der Waals surface area contributed by atoms with Crippen molar-refractivity contribution in [3.63, 3.8) is 0 Å². The molecule has 1 amide bonds. The highest BCUT2D eigenvalue weighted by atomic mass is 16.4. The van der Waals surface area contributed by atoms with Crippen LogP contribution < -0.4 is 10.9 Å². The molecule has 2 rings (SSSR count). The summed E-state index contributed by atoms with van der Waals surface area (Å²) in [6.07, 6.45) is -0.218. The van der Waals surface area contributed by atoms with Crippen LogP contribution in [0.25, 0.3) is 11.0 Å². The predicted octanol–water partition coefficient (Wildman–Crippen LogP) is 1.39. The monoisotopic (exact) mass is 275 g/mol. The summed E-state index contributed by atoms with van der Waals surface area (Å²) < 4.78 is 5.04. The van der Waals surface area contributed by atoms with E-state index in [0.717, 1.165) is 0 Å². The van der Waals surface area contributed by atoms with Crippen LogP contribution in [0.3, 0.4) is 0 Å². The van der Waals surface area contributed by atoms with Gasteiger partial charge in [0.25, 0.3) is 5.91 Å². The second kappa shape index (κ2) is 5.56. The van der Waals surface area contributed by atoms with Gasteiger partial charge in [-0.05, 0) is 19.1 Å². The first kappa shape index (κ1) is 13.8. The molecule has 0 spiro atoms. The Morgan fingerprint density at radius 3 is 2.75 bits per heavy atom. The minimum absolute atomic E-state index is 0.138. The smallest absolute Gasteiger partial charge is 0.349 e. The molecule has 20 heavy (non-hydrogen) atoms. The van der Waals surface area contributed by atoms with Crippen LogP contribution in [0.5, 0.6) is 0 Å². The van der Waals surface area contributed by atoms with Gasteiger partial charge < -0.3 is 14.8 Å². The van der Waals surface area contributed by atoms with Gasteiger partial charge in [0.1, 0.15) is 11.1 Å². The molecule has 0 fully saturated rings. The van der Waals surface area contributed by atoms with Crippen molar-refractivity contribution in [3.8, 4) is 0 Å². The number of nitrogens with one attached hydrogen (secondary N) is 1. The van der Waals surface area contributed by atoms with Crippen molar-refractivity contribution < 1.29 is 19.1 Å². The van der Waals surface area contributed by atoms with E-state index in [2.05, 4.69) is 5.32 Å². The Morgan fingerprint density at radius 2 is 2.05 bits per heavy atom. The highest BCUT2D eigenvalue weighted by Gasteiger charge is 2.17. The Balaban J connectivity index is 2.28. The molecule has 1 aromatic heterocycles. The van der Waals surface area contributed by atoms with Crippen molar-refractivity contribution in [2.24, 2.45) is 0 Å². The Hall–Kier alpha value is -2.63. The number of benzene rings is 1. The van der Waals surface area contributed by atoms with Gasteiger partial charge in [-0.15, -0.1) is 0 Å². The predicted molar refractivity (Wildman–Crippen MR) is 71.7 cm³/mol. The minimum Gasteiger partial charge on any atom is -0.481 e. The van der Waals surface area contributed by atoms with Gasteiger partial charge in [0.05, 0.1) is 6.42 Å². The number of carboxylic acids is 1. The Labute approximate surface area is 114 Å². The zero-order valence-electron chi connectivity index (χ0n) is 10.8. The van der Waals surface area contributed by atoms with Gasteiger partial charge in [-0.25, -0.2) is 4.79 Å². The third-order valence-electron chi connectivity index (χ3n) is 2.74. The molecule has 1 heterocycles. The first-order chi connectivity index (χ1) is 9.47. The zero-order valence-corrected chi connectivity index (χ0v) is 10.8. The number of hydrogen-bond donors (Lipinski definition) is 2. The minimum atomic E-state index is -1.02. The van der Waals surface area contributed by atoms with Crippen LogP contribution in [-0.2, 0) is 4.79 Å². The fourth-order valence-electron chi connectivity index (χ4n) is 1.83. The number of rotatable bonds is 4. The Kier molecular flexibility index (Phi) is 3.84. The normalized spacial score (nSPS) is 12.1. The molecular weight excluding hydrogens is 262 g/mol. The summed E-state index contributed by atoms with van der Waals surface area (Å²) in [6.45, 7) is 1.55. The van der Waals surface area contributed by atoms with Gasteiger partial charge >= 0.3 is 11.6 Å². The second-order valence-electron chi connectivity index (χ2n) is 4.46. The summed E-state index contributed by atoms with van der Waals surface area (Å²) in [6, 6.07) is 7.69. The van der Waals surface area contributed by atoms with E-state index < -0.39 is 23.5 Å². The van der Waals surface area contributed by atoms with Crippen LogP contribution in [0.15, 0.2) is 39.5 Å². The molecule has 0 radical (unpaired) electrons. The molecule has 1 atom stereocenters. The lowest BCUT2D eigenvalue weighted by Crippen LogP contribution is -2.36. The molecule has 0 aliphatic heterocycles. The molecular formula is C14H13NO5. The molecule has 0 saturated carbocycles. The molecule has 0 bridgehead atoms. The lowest BCUT2D eigenvalue weighted by molar-refractivity contribution is -0.137. The molecule has 1 unspecified atom stereocenters. The van der Waals surface area contributed by atoms with E-state index in [1.807, 2.05) is 0 Å². The van der Waals surface area contributed by atoms with Crippen molar-refractivity contribution in [3.05, 3.63) is 46.3 Å². The van der Waals surface area contributed by atoms with Gasteiger partial charge in [-0.1, -0.05) is 18.2 Å². The van der Waals surface area contributed by atoms with Crippen molar-refractivity contribution in [2.75, 3.05) is 0 Å². The van der Waals surface area contributed by atoms with Crippen LogP contribution in [-0.4, -0.2) is 23.0 Å². The first-order valence-corrected chi connectivity index (χ1v) is 6.03. The van der Waals surface area contributed by atoms with Crippen molar-refractivity contribution in [2.45, 2.75) is 19.4 Å². The SMILES string of the molecule is CC(CC(=O)O)NC(=O)c1cc2ccccc2oc1=O. The average Bonchev–Trinajstić information content (AvgIpc) is 2.36. The number of amides is 1. The lowest BCUT2D eigenvalue weighted by atomic mass is 10.1. The number of carboxylic acid groups (broad SMARTS) is 1. The van der Waals surface area contributed by atoms with E-state index in [9.17, 15) is 14.4 Å². The Bertz CT molecular complexity index is 719. The maximum atomic E-state index is 11.9. The van der Waals surface area contributed by atoms with Crippen molar-refractivity contribution in [1.29, 1.82) is 0 Å². The molecule has 1 aromatic carbocycles. The summed E-state index contributed by atoms with van der Waals surface area (Å²) >= 11 is 0. The zero-order chi connectivity index (χ0) is 14.7.